The van der Waals surface area contributed by atoms with Crippen LogP contribution in [0.3, 0.4) is 0 Å². The standard InChI is InChI=1S/C17H25N3O2S/c1-2-12-6-3-4-7-14(12)19-15(21)10-13-11-23-17(18-13)20-9-5-8-16(20)22/h11-12,14H,2-10H2,1H3,(H,19,21)/t12-,14-/m0/s1. The highest BCUT2D eigenvalue weighted by molar-refractivity contribution is 7.14. The van der Waals surface area contributed by atoms with E-state index >= 15 is 0 Å². The predicted molar refractivity (Wildman–Crippen MR) is 91.6 cm³/mol. The van der Waals surface area contributed by atoms with Crippen molar-refractivity contribution in [3.63, 3.8) is 0 Å². The van der Waals surface area contributed by atoms with E-state index in [1.165, 1.54) is 30.6 Å². The van der Waals surface area contributed by atoms with Crippen LogP contribution < -0.4 is 10.2 Å². The molecule has 126 valence electrons. The summed E-state index contributed by atoms with van der Waals surface area (Å²) in [6.45, 7) is 2.95. The first-order valence-corrected chi connectivity index (χ1v) is 9.59. The van der Waals surface area contributed by atoms with Crippen LogP contribution in [0, 0.1) is 5.92 Å². The number of hydrogen-bond donors (Lipinski definition) is 1. The SMILES string of the molecule is CC[C@H]1CCCC[C@@H]1NC(=O)Cc1csc(N2CCCC2=O)n1. The number of hydrogen-bond acceptors (Lipinski definition) is 4. The zero-order valence-corrected chi connectivity index (χ0v) is 14.5. The van der Waals surface area contributed by atoms with Crippen molar-refractivity contribution in [3.05, 3.63) is 11.1 Å². The van der Waals surface area contributed by atoms with Gasteiger partial charge in [-0.2, -0.15) is 0 Å². The smallest absolute Gasteiger partial charge is 0.228 e. The lowest BCUT2D eigenvalue weighted by atomic mass is 9.83. The number of carbonyl (C=O) groups excluding carboxylic acids is 2. The molecule has 1 N–H and O–H groups in total. The van der Waals surface area contributed by atoms with Gasteiger partial charge >= 0.3 is 0 Å². The van der Waals surface area contributed by atoms with E-state index in [1.807, 2.05) is 5.38 Å². The lowest BCUT2D eigenvalue weighted by molar-refractivity contribution is -0.121. The number of carbonyl (C=O) groups is 2. The van der Waals surface area contributed by atoms with E-state index in [0.717, 1.165) is 36.6 Å². The molecule has 1 aliphatic heterocycles. The van der Waals surface area contributed by atoms with Gasteiger partial charge in [-0.25, -0.2) is 4.98 Å². The fraction of sp³-hybridized carbons (Fsp3) is 0.706. The Kier molecular flexibility index (Phi) is 5.30. The fourth-order valence-corrected chi connectivity index (χ4v) is 4.53. The number of nitrogens with one attached hydrogen (secondary N) is 1. The first kappa shape index (κ1) is 16.4. The molecule has 23 heavy (non-hydrogen) atoms. The summed E-state index contributed by atoms with van der Waals surface area (Å²) >= 11 is 1.46. The Hall–Kier alpha value is -1.43. The van der Waals surface area contributed by atoms with Crippen molar-refractivity contribution in [2.24, 2.45) is 5.92 Å². The minimum atomic E-state index is 0.0555. The van der Waals surface area contributed by atoms with Gasteiger partial charge in [0.25, 0.3) is 0 Å². The second-order valence-corrected chi connectivity index (χ2v) is 7.41. The molecule has 2 aliphatic rings. The van der Waals surface area contributed by atoms with Crippen molar-refractivity contribution in [1.82, 2.24) is 10.3 Å². The third-order valence-electron chi connectivity index (χ3n) is 4.97. The van der Waals surface area contributed by atoms with Crippen LogP contribution in [0.15, 0.2) is 5.38 Å². The van der Waals surface area contributed by atoms with E-state index in [-0.39, 0.29) is 11.8 Å². The van der Waals surface area contributed by atoms with Crippen LogP contribution in [-0.2, 0) is 16.0 Å². The molecule has 3 rings (SSSR count). The van der Waals surface area contributed by atoms with Crippen molar-refractivity contribution < 1.29 is 9.59 Å². The van der Waals surface area contributed by atoms with Crippen molar-refractivity contribution in [2.75, 3.05) is 11.4 Å². The molecular formula is C17H25N3O2S. The molecule has 0 radical (unpaired) electrons. The highest BCUT2D eigenvalue weighted by Gasteiger charge is 2.26. The molecule has 2 amide bonds. The van der Waals surface area contributed by atoms with Crippen molar-refractivity contribution in [2.45, 2.75) is 64.3 Å². The molecule has 5 nitrogen and oxygen atoms in total. The van der Waals surface area contributed by atoms with Gasteiger partial charge in [-0.1, -0.05) is 26.2 Å². The molecule has 6 heteroatoms. The van der Waals surface area contributed by atoms with Gasteiger partial charge in [0.2, 0.25) is 11.8 Å². The summed E-state index contributed by atoms with van der Waals surface area (Å²) in [6, 6.07) is 0.319. The van der Waals surface area contributed by atoms with Gasteiger partial charge in [-0.05, 0) is 25.2 Å². The van der Waals surface area contributed by atoms with Gasteiger partial charge < -0.3 is 5.32 Å². The predicted octanol–water partition coefficient (Wildman–Crippen LogP) is 2.90. The largest absolute Gasteiger partial charge is 0.353 e. The molecule has 2 heterocycles. The lowest BCUT2D eigenvalue weighted by Gasteiger charge is -2.31. The van der Waals surface area contributed by atoms with Crippen LogP contribution in [-0.4, -0.2) is 29.4 Å². The molecule has 2 fully saturated rings. The third kappa shape index (κ3) is 3.91. The van der Waals surface area contributed by atoms with E-state index in [4.69, 9.17) is 0 Å². The van der Waals surface area contributed by atoms with E-state index in [2.05, 4.69) is 17.2 Å². The Labute approximate surface area is 141 Å². The summed E-state index contributed by atoms with van der Waals surface area (Å²) in [6.07, 6.45) is 7.75. The molecule has 0 bridgehead atoms. The minimum Gasteiger partial charge on any atom is -0.353 e. The molecule has 1 saturated heterocycles. The van der Waals surface area contributed by atoms with Crippen LogP contribution in [0.4, 0.5) is 5.13 Å². The van der Waals surface area contributed by atoms with Crippen molar-refractivity contribution >= 4 is 28.3 Å². The number of aromatic nitrogens is 1. The Morgan fingerprint density at radius 3 is 2.96 bits per heavy atom. The number of rotatable bonds is 5. The van der Waals surface area contributed by atoms with Gasteiger partial charge in [0.05, 0.1) is 12.1 Å². The average molecular weight is 335 g/mol. The van der Waals surface area contributed by atoms with Gasteiger partial charge in [-0.3, -0.25) is 14.5 Å². The topological polar surface area (TPSA) is 62.3 Å². The zero-order chi connectivity index (χ0) is 16.2. The van der Waals surface area contributed by atoms with Gasteiger partial charge in [-0.15, -0.1) is 11.3 Å². The molecule has 1 aliphatic carbocycles. The minimum absolute atomic E-state index is 0.0555. The normalized spacial score (nSPS) is 24.9. The van der Waals surface area contributed by atoms with E-state index in [9.17, 15) is 9.59 Å². The number of nitrogens with zero attached hydrogens (tertiary/aromatic N) is 2. The molecule has 1 saturated carbocycles. The Morgan fingerprint density at radius 2 is 2.22 bits per heavy atom. The summed E-state index contributed by atoms with van der Waals surface area (Å²) in [5, 5.41) is 5.84. The van der Waals surface area contributed by atoms with E-state index in [1.54, 1.807) is 4.90 Å². The molecule has 0 aromatic carbocycles. The highest BCUT2D eigenvalue weighted by atomic mass is 32.1. The van der Waals surface area contributed by atoms with Crippen molar-refractivity contribution in [3.8, 4) is 0 Å². The molecule has 2 atom stereocenters. The van der Waals surface area contributed by atoms with Gasteiger partial charge in [0.15, 0.2) is 5.13 Å². The molecule has 1 aromatic rings. The average Bonchev–Trinajstić information content (AvgIpc) is 3.16. The number of anilines is 1. The Morgan fingerprint density at radius 1 is 1.39 bits per heavy atom. The second kappa shape index (κ2) is 7.43. The highest BCUT2D eigenvalue weighted by Crippen LogP contribution is 2.27. The fourth-order valence-electron chi connectivity index (χ4n) is 3.66. The van der Waals surface area contributed by atoms with Crippen LogP contribution in [0.25, 0.3) is 0 Å². The van der Waals surface area contributed by atoms with Crippen LogP contribution in [0.5, 0.6) is 0 Å². The number of amides is 2. The zero-order valence-electron chi connectivity index (χ0n) is 13.7. The maximum atomic E-state index is 12.3. The summed E-state index contributed by atoms with van der Waals surface area (Å²) in [5.74, 6) is 0.809. The summed E-state index contributed by atoms with van der Waals surface area (Å²) in [4.78, 5) is 30.3. The summed E-state index contributed by atoms with van der Waals surface area (Å²) in [5.41, 5.74) is 0.769. The van der Waals surface area contributed by atoms with Crippen LogP contribution in [0.2, 0.25) is 0 Å². The second-order valence-electron chi connectivity index (χ2n) is 6.57. The molecule has 1 aromatic heterocycles. The van der Waals surface area contributed by atoms with E-state index < -0.39 is 0 Å². The summed E-state index contributed by atoms with van der Waals surface area (Å²) < 4.78 is 0. The van der Waals surface area contributed by atoms with Crippen LogP contribution >= 0.6 is 11.3 Å². The third-order valence-corrected chi connectivity index (χ3v) is 5.88. The maximum Gasteiger partial charge on any atom is 0.228 e. The first-order chi connectivity index (χ1) is 11.2. The Bertz CT molecular complexity index is 572. The van der Waals surface area contributed by atoms with Crippen LogP contribution in [0.1, 0.15) is 57.6 Å². The maximum absolute atomic E-state index is 12.3. The monoisotopic (exact) mass is 335 g/mol. The van der Waals surface area contributed by atoms with E-state index in [0.29, 0.717) is 24.8 Å². The van der Waals surface area contributed by atoms with Gasteiger partial charge in [0.1, 0.15) is 0 Å². The van der Waals surface area contributed by atoms with Crippen molar-refractivity contribution in [1.29, 1.82) is 0 Å². The lowest BCUT2D eigenvalue weighted by Crippen LogP contribution is -2.42. The molecule has 0 spiro atoms. The molecule has 0 unspecified atom stereocenters. The first-order valence-electron chi connectivity index (χ1n) is 8.71. The summed E-state index contributed by atoms with van der Waals surface area (Å²) in [7, 11) is 0. The van der Waals surface area contributed by atoms with Gasteiger partial charge in [0, 0.05) is 24.4 Å². The number of thiazole rings is 1. The Balaban J connectivity index is 1.55. The quantitative estimate of drug-likeness (QED) is 0.900. The molecular weight excluding hydrogens is 310 g/mol.